The molecule has 122 valence electrons. The molecule has 0 amide bonds. The predicted molar refractivity (Wildman–Crippen MR) is 86.2 cm³/mol. The summed E-state index contributed by atoms with van der Waals surface area (Å²) in [4.78, 5) is 10.3. The molecule has 0 aliphatic carbocycles. The molecule has 1 aromatic rings. The zero-order chi connectivity index (χ0) is 16.3. The van der Waals surface area contributed by atoms with E-state index in [1.165, 1.54) is 22.5 Å². The minimum atomic E-state index is -3.61. The van der Waals surface area contributed by atoms with Crippen molar-refractivity contribution in [1.29, 1.82) is 0 Å². The Morgan fingerprint density at radius 3 is 2.55 bits per heavy atom. The van der Waals surface area contributed by atoms with Crippen LogP contribution in [0.1, 0.15) is 12.8 Å². The van der Waals surface area contributed by atoms with Gasteiger partial charge in [-0.3, -0.25) is 10.1 Å². The molecule has 9 heteroatoms. The van der Waals surface area contributed by atoms with Crippen molar-refractivity contribution in [3.05, 3.63) is 32.8 Å². The van der Waals surface area contributed by atoms with E-state index in [4.69, 9.17) is 0 Å². The number of nitrogens with one attached hydrogen (secondary N) is 1. The largest absolute Gasteiger partial charge is 0.319 e. The molecule has 0 atom stereocenters. The molecule has 2 rings (SSSR count). The van der Waals surface area contributed by atoms with Crippen LogP contribution in [-0.2, 0) is 10.0 Å². The molecule has 0 unspecified atom stereocenters. The number of rotatable bonds is 5. The van der Waals surface area contributed by atoms with E-state index in [-0.39, 0.29) is 15.1 Å². The number of halogens is 1. The summed E-state index contributed by atoms with van der Waals surface area (Å²) in [7, 11) is -1.72. The summed E-state index contributed by atoms with van der Waals surface area (Å²) >= 11 is 3.06. The minimum absolute atomic E-state index is 0.0806. The lowest BCUT2D eigenvalue weighted by atomic mass is 9.98. The van der Waals surface area contributed by atoms with Crippen LogP contribution in [-0.4, -0.2) is 44.3 Å². The fourth-order valence-electron chi connectivity index (χ4n) is 2.59. The first-order valence-electron chi connectivity index (χ1n) is 6.95. The zero-order valence-corrected chi connectivity index (χ0v) is 14.6. The SMILES string of the molecule is CNCC1CCN(S(=O)(=O)c2ccc([N+](=O)[O-])c(Br)c2)CC1. The van der Waals surface area contributed by atoms with Crippen molar-refractivity contribution < 1.29 is 13.3 Å². The molecule has 1 aliphatic rings. The molecule has 1 saturated heterocycles. The highest BCUT2D eigenvalue weighted by Crippen LogP contribution is 2.30. The van der Waals surface area contributed by atoms with Crippen molar-refractivity contribution >= 4 is 31.6 Å². The third kappa shape index (κ3) is 3.65. The lowest BCUT2D eigenvalue weighted by Gasteiger charge is -2.31. The zero-order valence-electron chi connectivity index (χ0n) is 12.2. The number of nitro benzene ring substituents is 1. The van der Waals surface area contributed by atoms with Gasteiger partial charge in [0.1, 0.15) is 0 Å². The lowest BCUT2D eigenvalue weighted by molar-refractivity contribution is -0.385. The van der Waals surface area contributed by atoms with Gasteiger partial charge in [-0.25, -0.2) is 8.42 Å². The highest BCUT2D eigenvalue weighted by Gasteiger charge is 2.30. The quantitative estimate of drug-likeness (QED) is 0.611. The molecular weight excluding hydrogens is 374 g/mol. The molecule has 0 radical (unpaired) electrons. The Morgan fingerprint density at radius 1 is 1.41 bits per heavy atom. The number of nitro groups is 1. The van der Waals surface area contributed by atoms with E-state index in [1.54, 1.807) is 0 Å². The van der Waals surface area contributed by atoms with Crippen molar-refractivity contribution in [2.45, 2.75) is 17.7 Å². The summed E-state index contributed by atoms with van der Waals surface area (Å²) in [6, 6.07) is 3.80. The van der Waals surface area contributed by atoms with Crippen LogP contribution >= 0.6 is 15.9 Å². The van der Waals surface area contributed by atoms with E-state index in [0.29, 0.717) is 19.0 Å². The highest BCUT2D eigenvalue weighted by atomic mass is 79.9. The van der Waals surface area contributed by atoms with Gasteiger partial charge in [0.05, 0.1) is 14.3 Å². The van der Waals surface area contributed by atoms with Gasteiger partial charge in [-0.05, 0) is 60.4 Å². The van der Waals surface area contributed by atoms with Gasteiger partial charge in [0.2, 0.25) is 10.0 Å². The summed E-state index contributed by atoms with van der Waals surface area (Å²) in [5.41, 5.74) is -0.147. The first-order chi connectivity index (χ1) is 10.4. The van der Waals surface area contributed by atoms with Gasteiger partial charge in [-0.1, -0.05) is 0 Å². The second kappa shape index (κ2) is 7.03. The Kier molecular flexibility index (Phi) is 5.54. The summed E-state index contributed by atoms with van der Waals surface area (Å²) in [6.45, 7) is 1.84. The average molecular weight is 392 g/mol. The number of hydrogen-bond donors (Lipinski definition) is 1. The van der Waals surface area contributed by atoms with Crippen molar-refractivity contribution in [2.24, 2.45) is 5.92 Å². The van der Waals surface area contributed by atoms with Crippen LogP contribution in [0.15, 0.2) is 27.6 Å². The Morgan fingerprint density at radius 2 is 2.05 bits per heavy atom. The van der Waals surface area contributed by atoms with E-state index in [1.807, 2.05) is 7.05 Å². The molecule has 22 heavy (non-hydrogen) atoms. The normalized spacial score (nSPS) is 17.5. The van der Waals surface area contributed by atoms with Crippen LogP contribution in [0.2, 0.25) is 0 Å². The van der Waals surface area contributed by atoms with E-state index in [9.17, 15) is 18.5 Å². The van der Waals surface area contributed by atoms with Crippen LogP contribution in [0.5, 0.6) is 0 Å². The van der Waals surface area contributed by atoms with Crippen LogP contribution in [0.25, 0.3) is 0 Å². The van der Waals surface area contributed by atoms with E-state index < -0.39 is 14.9 Å². The average Bonchev–Trinajstić information content (AvgIpc) is 2.47. The second-order valence-electron chi connectivity index (χ2n) is 5.28. The topological polar surface area (TPSA) is 92.6 Å². The van der Waals surface area contributed by atoms with Crippen LogP contribution in [0.4, 0.5) is 5.69 Å². The third-order valence-electron chi connectivity index (χ3n) is 3.82. The Bertz CT molecular complexity index is 657. The van der Waals surface area contributed by atoms with Gasteiger partial charge in [-0.15, -0.1) is 0 Å². The number of benzene rings is 1. The van der Waals surface area contributed by atoms with Crippen LogP contribution in [0, 0.1) is 16.0 Å². The summed E-state index contributed by atoms with van der Waals surface area (Å²) in [5, 5.41) is 13.9. The number of hydrogen-bond acceptors (Lipinski definition) is 5. The summed E-state index contributed by atoms with van der Waals surface area (Å²) in [6.07, 6.45) is 1.63. The molecule has 0 aromatic heterocycles. The maximum absolute atomic E-state index is 12.6. The van der Waals surface area contributed by atoms with Gasteiger partial charge in [0.25, 0.3) is 5.69 Å². The maximum atomic E-state index is 12.6. The fourth-order valence-corrected chi connectivity index (χ4v) is 4.76. The Labute approximate surface area is 138 Å². The number of sulfonamides is 1. The number of nitrogens with zero attached hydrogens (tertiary/aromatic N) is 2. The van der Waals surface area contributed by atoms with Crippen molar-refractivity contribution in [2.75, 3.05) is 26.7 Å². The van der Waals surface area contributed by atoms with Crippen molar-refractivity contribution in [1.82, 2.24) is 9.62 Å². The predicted octanol–water partition coefficient (Wildman–Crippen LogP) is 1.98. The van der Waals surface area contributed by atoms with Crippen LogP contribution in [0.3, 0.4) is 0 Å². The minimum Gasteiger partial charge on any atom is -0.319 e. The molecule has 7 nitrogen and oxygen atoms in total. The first kappa shape index (κ1) is 17.3. The van der Waals surface area contributed by atoms with E-state index >= 15 is 0 Å². The van der Waals surface area contributed by atoms with Crippen LogP contribution < -0.4 is 5.32 Å². The lowest BCUT2D eigenvalue weighted by Crippen LogP contribution is -2.40. The molecule has 1 aliphatic heterocycles. The van der Waals surface area contributed by atoms with Gasteiger partial charge in [0.15, 0.2) is 0 Å². The fraction of sp³-hybridized carbons (Fsp3) is 0.538. The molecule has 1 fully saturated rings. The molecule has 1 N–H and O–H groups in total. The molecule has 1 aromatic carbocycles. The van der Waals surface area contributed by atoms with Gasteiger partial charge in [-0.2, -0.15) is 4.31 Å². The summed E-state index contributed by atoms with van der Waals surface area (Å²) in [5.74, 6) is 0.486. The molecule has 0 saturated carbocycles. The molecule has 0 bridgehead atoms. The Balaban J connectivity index is 2.18. The van der Waals surface area contributed by atoms with E-state index in [0.717, 1.165) is 19.4 Å². The summed E-state index contributed by atoms with van der Waals surface area (Å²) < 4.78 is 26.8. The molecule has 0 spiro atoms. The van der Waals surface area contributed by atoms with Gasteiger partial charge < -0.3 is 5.32 Å². The van der Waals surface area contributed by atoms with Gasteiger partial charge in [0, 0.05) is 19.2 Å². The smallest absolute Gasteiger partial charge is 0.283 e. The maximum Gasteiger partial charge on any atom is 0.283 e. The Hall–Kier alpha value is -1.03. The second-order valence-corrected chi connectivity index (χ2v) is 8.07. The molecule has 1 heterocycles. The van der Waals surface area contributed by atoms with Gasteiger partial charge >= 0.3 is 0 Å². The van der Waals surface area contributed by atoms with E-state index in [2.05, 4.69) is 21.2 Å². The van der Waals surface area contributed by atoms with Crippen molar-refractivity contribution in [3.8, 4) is 0 Å². The first-order valence-corrected chi connectivity index (χ1v) is 9.18. The highest BCUT2D eigenvalue weighted by molar-refractivity contribution is 9.10. The molecular formula is C13H18BrN3O4S. The van der Waals surface area contributed by atoms with Crippen molar-refractivity contribution in [3.63, 3.8) is 0 Å². The monoisotopic (exact) mass is 391 g/mol. The number of piperidine rings is 1. The third-order valence-corrected chi connectivity index (χ3v) is 6.35. The standard InChI is InChI=1S/C13H18BrN3O4S/c1-15-9-10-4-6-16(7-5-10)22(20,21)11-2-3-13(17(18)19)12(14)8-11/h2-3,8,10,15H,4-7,9H2,1H3.